The second-order valence-electron chi connectivity index (χ2n) is 4.21. The Hall–Kier alpha value is -1.50. The second-order valence-corrected chi connectivity index (χ2v) is 4.21. The summed E-state index contributed by atoms with van der Waals surface area (Å²) in [4.78, 5) is 0. The Morgan fingerprint density at radius 2 is 1.75 bits per heavy atom. The molecule has 16 heavy (non-hydrogen) atoms. The Morgan fingerprint density at radius 1 is 1.06 bits per heavy atom. The van der Waals surface area contributed by atoms with E-state index in [-0.39, 0.29) is 0 Å². The minimum Gasteiger partial charge on any atom is -0.388 e. The number of hydrogen-bond acceptors (Lipinski definition) is 1. The predicted molar refractivity (Wildman–Crippen MR) is 72.1 cm³/mol. The monoisotopic (exact) mass is 213 g/mol. The fourth-order valence-corrected chi connectivity index (χ4v) is 2.09. The molecule has 0 saturated heterocycles. The lowest BCUT2D eigenvalue weighted by Gasteiger charge is -2.10. The van der Waals surface area contributed by atoms with Crippen molar-refractivity contribution in [3.63, 3.8) is 0 Å². The molecule has 84 valence electrons. The van der Waals surface area contributed by atoms with Gasteiger partial charge in [0.1, 0.15) is 0 Å². The molecule has 0 spiro atoms. The summed E-state index contributed by atoms with van der Waals surface area (Å²) in [6, 6.07) is 13.1. The van der Waals surface area contributed by atoms with Crippen molar-refractivity contribution in [3.05, 3.63) is 42.0 Å². The molecule has 0 aromatic heterocycles. The van der Waals surface area contributed by atoms with Crippen molar-refractivity contribution >= 4 is 16.5 Å². The molecule has 1 nitrogen and oxygen atoms in total. The van der Waals surface area contributed by atoms with E-state index in [2.05, 4.69) is 48.6 Å². The number of unbranched alkanes of at least 4 members (excludes halogenated alkanes) is 1. The van der Waals surface area contributed by atoms with Crippen molar-refractivity contribution in [1.29, 1.82) is 0 Å². The van der Waals surface area contributed by atoms with Gasteiger partial charge < -0.3 is 5.32 Å². The summed E-state index contributed by atoms with van der Waals surface area (Å²) in [5, 5.41) is 5.95. The van der Waals surface area contributed by atoms with Crippen LogP contribution in [0.1, 0.15) is 25.3 Å². The molecule has 0 amide bonds. The first kappa shape index (κ1) is 11.0. The van der Waals surface area contributed by atoms with E-state index in [1.807, 2.05) is 7.05 Å². The fourth-order valence-electron chi connectivity index (χ4n) is 2.09. The maximum absolute atomic E-state index is 3.30. The Bertz CT molecular complexity index is 474. The first-order chi connectivity index (χ1) is 7.85. The molecule has 1 heteroatoms. The van der Waals surface area contributed by atoms with Gasteiger partial charge in [-0.1, -0.05) is 37.6 Å². The maximum atomic E-state index is 3.30. The Balaban J connectivity index is 2.45. The largest absolute Gasteiger partial charge is 0.388 e. The molecular formula is C15H19N. The lowest BCUT2D eigenvalue weighted by molar-refractivity contribution is 0.797. The molecule has 0 aliphatic rings. The summed E-state index contributed by atoms with van der Waals surface area (Å²) in [7, 11) is 2.00. The van der Waals surface area contributed by atoms with Gasteiger partial charge in [0, 0.05) is 12.7 Å². The standard InChI is InChI=1S/C15H19N/c1-3-4-7-14-10-12-8-5-6-9-13(12)11-15(14)16-2/h5-6,8-11,16H,3-4,7H2,1-2H3. The van der Waals surface area contributed by atoms with Gasteiger partial charge in [0.05, 0.1) is 0 Å². The van der Waals surface area contributed by atoms with E-state index in [0.717, 1.165) is 6.42 Å². The average molecular weight is 213 g/mol. The van der Waals surface area contributed by atoms with Gasteiger partial charge in [-0.05, 0) is 41.3 Å². The van der Waals surface area contributed by atoms with Crippen LogP contribution >= 0.6 is 0 Å². The lowest BCUT2D eigenvalue weighted by Crippen LogP contribution is -1.96. The number of fused-ring (bicyclic) bond motifs is 1. The molecule has 0 atom stereocenters. The van der Waals surface area contributed by atoms with Crippen LogP contribution in [-0.2, 0) is 6.42 Å². The van der Waals surface area contributed by atoms with Crippen LogP contribution in [0.2, 0.25) is 0 Å². The van der Waals surface area contributed by atoms with E-state index in [1.54, 1.807) is 0 Å². The highest BCUT2D eigenvalue weighted by molar-refractivity contribution is 5.87. The molecule has 0 radical (unpaired) electrons. The van der Waals surface area contributed by atoms with Crippen LogP contribution in [0.3, 0.4) is 0 Å². The lowest BCUT2D eigenvalue weighted by atomic mass is 10.0. The average Bonchev–Trinajstić information content (AvgIpc) is 2.35. The highest BCUT2D eigenvalue weighted by Gasteiger charge is 2.02. The molecule has 0 fully saturated rings. The zero-order valence-electron chi connectivity index (χ0n) is 10.1. The van der Waals surface area contributed by atoms with Crippen LogP contribution in [-0.4, -0.2) is 7.05 Å². The van der Waals surface area contributed by atoms with E-state index in [9.17, 15) is 0 Å². The molecule has 0 aliphatic heterocycles. The van der Waals surface area contributed by atoms with Gasteiger partial charge in [0.15, 0.2) is 0 Å². The number of rotatable bonds is 4. The Labute approximate surface area is 97.5 Å². The number of nitrogens with one attached hydrogen (secondary N) is 1. The summed E-state index contributed by atoms with van der Waals surface area (Å²) in [5.74, 6) is 0. The molecular weight excluding hydrogens is 194 g/mol. The van der Waals surface area contributed by atoms with E-state index < -0.39 is 0 Å². The number of aryl methyl sites for hydroxylation is 1. The van der Waals surface area contributed by atoms with Crippen molar-refractivity contribution in [2.45, 2.75) is 26.2 Å². The Kier molecular flexibility index (Phi) is 3.45. The Morgan fingerprint density at radius 3 is 2.38 bits per heavy atom. The van der Waals surface area contributed by atoms with Gasteiger partial charge >= 0.3 is 0 Å². The summed E-state index contributed by atoms with van der Waals surface area (Å²) in [6.45, 7) is 2.24. The minimum absolute atomic E-state index is 1.16. The summed E-state index contributed by atoms with van der Waals surface area (Å²) in [6.07, 6.45) is 3.67. The molecule has 1 N–H and O–H groups in total. The molecule has 2 aromatic rings. The van der Waals surface area contributed by atoms with E-state index in [1.165, 1.54) is 34.9 Å². The van der Waals surface area contributed by atoms with Crippen molar-refractivity contribution in [2.75, 3.05) is 12.4 Å². The fraction of sp³-hybridized carbons (Fsp3) is 0.333. The summed E-state index contributed by atoms with van der Waals surface area (Å²) in [5.41, 5.74) is 2.70. The second kappa shape index (κ2) is 5.02. The third-order valence-electron chi connectivity index (χ3n) is 3.04. The topological polar surface area (TPSA) is 12.0 Å². The number of hydrogen-bond donors (Lipinski definition) is 1. The maximum Gasteiger partial charge on any atom is 0.0376 e. The third kappa shape index (κ3) is 2.19. The number of anilines is 1. The predicted octanol–water partition coefficient (Wildman–Crippen LogP) is 4.22. The molecule has 0 saturated carbocycles. The quantitative estimate of drug-likeness (QED) is 0.801. The van der Waals surface area contributed by atoms with E-state index in [4.69, 9.17) is 0 Å². The van der Waals surface area contributed by atoms with Crippen molar-refractivity contribution in [1.82, 2.24) is 0 Å². The summed E-state index contributed by atoms with van der Waals surface area (Å²) < 4.78 is 0. The van der Waals surface area contributed by atoms with Crippen LogP contribution in [0.4, 0.5) is 5.69 Å². The molecule has 2 aromatic carbocycles. The zero-order chi connectivity index (χ0) is 11.4. The normalized spacial score (nSPS) is 10.6. The van der Waals surface area contributed by atoms with Crippen LogP contribution in [0, 0.1) is 0 Å². The van der Waals surface area contributed by atoms with Gasteiger partial charge in [0.2, 0.25) is 0 Å². The van der Waals surface area contributed by atoms with Crippen LogP contribution in [0.15, 0.2) is 36.4 Å². The van der Waals surface area contributed by atoms with Crippen molar-refractivity contribution in [3.8, 4) is 0 Å². The van der Waals surface area contributed by atoms with Gasteiger partial charge in [0.25, 0.3) is 0 Å². The number of benzene rings is 2. The van der Waals surface area contributed by atoms with Gasteiger partial charge in [-0.15, -0.1) is 0 Å². The van der Waals surface area contributed by atoms with Crippen molar-refractivity contribution in [2.24, 2.45) is 0 Å². The SMILES string of the molecule is CCCCc1cc2ccccc2cc1NC. The van der Waals surface area contributed by atoms with Crippen LogP contribution < -0.4 is 5.32 Å². The van der Waals surface area contributed by atoms with Crippen molar-refractivity contribution < 1.29 is 0 Å². The minimum atomic E-state index is 1.16. The molecule has 0 bridgehead atoms. The third-order valence-corrected chi connectivity index (χ3v) is 3.04. The van der Waals surface area contributed by atoms with Gasteiger partial charge in [-0.25, -0.2) is 0 Å². The molecule has 0 unspecified atom stereocenters. The molecule has 0 aliphatic carbocycles. The van der Waals surface area contributed by atoms with Crippen LogP contribution in [0.5, 0.6) is 0 Å². The summed E-state index contributed by atoms with van der Waals surface area (Å²) >= 11 is 0. The van der Waals surface area contributed by atoms with Gasteiger partial charge in [-0.3, -0.25) is 0 Å². The smallest absolute Gasteiger partial charge is 0.0376 e. The van der Waals surface area contributed by atoms with E-state index >= 15 is 0 Å². The first-order valence-electron chi connectivity index (χ1n) is 6.04. The van der Waals surface area contributed by atoms with Crippen LogP contribution in [0.25, 0.3) is 10.8 Å². The first-order valence-corrected chi connectivity index (χ1v) is 6.04. The molecule has 2 rings (SSSR count). The van der Waals surface area contributed by atoms with E-state index in [0.29, 0.717) is 0 Å². The van der Waals surface area contributed by atoms with Gasteiger partial charge in [-0.2, -0.15) is 0 Å². The zero-order valence-corrected chi connectivity index (χ0v) is 10.1. The molecule has 0 heterocycles. The highest BCUT2D eigenvalue weighted by atomic mass is 14.8. The highest BCUT2D eigenvalue weighted by Crippen LogP contribution is 2.25.